The first kappa shape index (κ1) is 14.4. The second kappa shape index (κ2) is 6.34. The summed E-state index contributed by atoms with van der Waals surface area (Å²) < 4.78 is 27.2. The van der Waals surface area contributed by atoms with Crippen molar-refractivity contribution in [3.63, 3.8) is 0 Å². The van der Waals surface area contributed by atoms with E-state index >= 15 is 0 Å². The Labute approximate surface area is 106 Å². The zero-order valence-electron chi connectivity index (χ0n) is 10.3. The zero-order valence-corrected chi connectivity index (χ0v) is 11.2. The van der Waals surface area contributed by atoms with Gasteiger partial charge in [-0.05, 0) is 12.1 Å². The van der Waals surface area contributed by atoms with Crippen LogP contribution in [0.2, 0.25) is 0 Å². The minimum absolute atomic E-state index is 0.000681. The molecule has 0 aliphatic rings. The summed E-state index contributed by atoms with van der Waals surface area (Å²) in [4.78, 5) is 15.4. The van der Waals surface area contributed by atoms with Crippen molar-refractivity contribution in [2.45, 2.75) is 6.92 Å². The molecular formula is C11H16N2O4S. The summed E-state index contributed by atoms with van der Waals surface area (Å²) in [5.41, 5.74) is 0.286. The molecule has 7 heteroatoms. The van der Waals surface area contributed by atoms with Gasteiger partial charge in [-0.25, -0.2) is 18.2 Å². The third kappa shape index (κ3) is 3.99. The summed E-state index contributed by atoms with van der Waals surface area (Å²) >= 11 is 0. The van der Waals surface area contributed by atoms with E-state index in [-0.39, 0.29) is 23.6 Å². The number of sulfone groups is 1. The second-order valence-electron chi connectivity index (χ2n) is 3.55. The van der Waals surface area contributed by atoms with Gasteiger partial charge in [0, 0.05) is 18.5 Å². The Morgan fingerprint density at radius 3 is 2.83 bits per heavy atom. The average Bonchev–Trinajstić information content (AvgIpc) is 2.38. The molecule has 1 aromatic heterocycles. The van der Waals surface area contributed by atoms with Gasteiger partial charge in [-0.3, -0.25) is 0 Å². The third-order valence-electron chi connectivity index (χ3n) is 2.36. The number of esters is 1. The van der Waals surface area contributed by atoms with Crippen molar-refractivity contribution in [3.05, 3.63) is 23.9 Å². The Morgan fingerprint density at radius 2 is 2.22 bits per heavy atom. The van der Waals surface area contributed by atoms with Gasteiger partial charge in [0.25, 0.3) is 0 Å². The van der Waals surface area contributed by atoms with Crippen LogP contribution in [0.3, 0.4) is 0 Å². The van der Waals surface area contributed by atoms with Crippen LogP contribution in [-0.2, 0) is 14.6 Å². The number of methoxy groups -OCH3 is 1. The molecule has 0 radical (unpaired) electrons. The number of pyridine rings is 1. The van der Waals surface area contributed by atoms with Gasteiger partial charge in [-0.2, -0.15) is 0 Å². The van der Waals surface area contributed by atoms with Gasteiger partial charge in [-0.1, -0.05) is 6.92 Å². The maximum atomic E-state index is 11.4. The van der Waals surface area contributed by atoms with Crippen LogP contribution in [0.5, 0.6) is 0 Å². The lowest BCUT2D eigenvalue weighted by atomic mass is 10.2. The van der Waals surface area contributed by atoms with Gasteiger partial charge in [0.1, 0.15) is 11.4 Å². The predicted octanol–water partition coefficient (Wildman–Crippen LogP) is 0.715. The fraction of sp³-hybridized carbons (Fsp3) is 0.455. The number of nitrogens with zero attached hydrogens (tertiary/aromatic N) is 1. The summed E-state index contributed by atoms with van der Waals surface area (Å²) in [6.45, 7) is 1.80. The monoisotopic (exact) mass is 272 g/mol. The number of aromatic nitrogens is 1. The standard InChI is InChI=1S/C11H16N2O4S/c1-3-18(15,16)8-7-13-10-9(11(14)17-2)5-4-6-12-10/h4-6H,3,7-8H2,1-2H3,(H,12,13). The van der Waals surface area contributed by atoms with Crippen molar-refractivity contribution >= 4 is 21.6 Å². The van der Waals surface area contributed by atoms with Crippen LogP contribution in [0.4, 0.5) is 5.82 Å². The summed E-state index contributed by atoms with van der Waals surface area (Å²) in [6, 6.07) is 3.18. The SMILES string of the molecule is CCS(=O)(=O)CCNc1ncccc1C(=O)OC. The van der Waals surface area contributed by atoms with E-state index in [4.69, 9.17) is 0 Å². The Hall–Kier alpha value is -1.63. The highest BCUT2D eigenvalue weighted by Gasteiger charge is 2.13. The number of carbonyl (C=O) groups is 1. The lowest BCUT2D eigenvalue weighted by molar-refractivity contribution is 0.0601. The molecule has 0 aliphatic heterocycles. The van der Waals surface area contributed by atoms with E-state index in [2.05, 4.69) is 15.0 Å². The Kier molecular flexibility index (Phi) is 5.08. The summed E-state index contributed by atoms with van der Waals surface area (Å²) in [5.74, 6) is -0.0823. The van der Waals surface area contributed by atoms with Crippen molar-refractivity contribution in [3.8, 4) is 0 Å². The Morgan fingerprint density at radius 1 is 1.50 bits per heavy atom. The highest BCUT2D eigenvalue weighted by atomic mass is 32.2. The van der Waals surface area contributed by atoms with E-state index in [1.807, 2.05) is 0 Å². The molecule has 1 heterocycles. The number of rotatable bonds is 6. The molecule has 1 aromatic rings. The van der Waals surface area contributed by atoms with Crippen LogP contribution >= 0.6 is 0 Å². The molecule has 0 fully saturated rings. The molecule has 0 bridgehead atoms. The molecule has 18 heavy (non-hydrogen) atoms. The van der Waals surface area contributed by atoms with E-state index < -0.39 is 15.8 Å². The maximum absolute atomic E-state index is 11.4. The van der Waals surface area contributed by atoms with Gasteiger partial charge in [0.2, 0.25) is 0 Å². The molecule has 0 aromatic carbocycles. The number of hydrogen-bond acceptors (Lipinski definition) is 6. The summed E-state index contributed by atoms with van der Waals surface area (Å²) in [7, 11) is -1.76. The highest BCUT2D eigenvalue weighted by molar-refractivity contribution is 7.91. The van der Waals surface area contributed by atoms with E-state index in [9.17, 15) is 13.2 Å². The maximum Gasteiger partial charge on any atom is 0.341 e. The van der Waals surface area contributed by atoms with E-state index in [1.165, 1.54) is 13.3 Å². The van der Waals surface area contributed by atoms with Gasteiger partial charge >= 0.3 is 5.97 Å². The molecule has 1 N–H and O–H groups in total. The Bertz CT molecular complexity index is 514. The summed E-state index contributed by atoms with van der Waals surface area (Å²) in [5, 5.41) is 2.83. The van der Waals surface area contributed by atoms with E-state index in [0.29, 0.717) is 5.82 Å². The van der Waals surface area contributed by atoms with Crippen molar-refractivity contribution in [1.29, 1.82) is 0 Å². The molecule has 0 amide bonds. The summed E-state index contributed by atoms with van der Waals surface area (Å²) in [6.07, 6.45) is 1.52. The minimum Gasteiger partial charge on any atom is -0.465 e. The first-order chi connectivity index (χ1) is 8.50. The second-order valence-corrected chi connectivity index (χ2v) is 6.03. The van der Waals surface area contributed by atoms with E-state index in [1.54, 1.807) is 19.1 Å². The molecule has 0 atom stereocenters. The van der Waals surface area contributed by atoms with Gasteiger partial charge in [0.05, 0.1) is 12.9 Å². The number of anilines is 1. The van der Waals surface area contributed by atoms with E-state index in [0.717, 1.165) is 0 Å². The number of hydrogen-bond donors (Lipinski definition) is 1. The quantitative estimate of drug-likeness (QED) is 0.768. The molecular weight excluding hydrogens is 256 g/mol. The van der Waals surface area contributed by atoms with Crippen LogP contribution in [0.25, 0.3) is 0 Å². The largest absolute Gasteiger partial charge is 0.465 e. The van der Waals surface area contributed by atoms with Crippen molar-refractivity contribution in [1.82, 2.24) is 4.98 Å². The molecule has 0 aliphatic carbocycles. The van der Waals surface area contributed by atoms with Crippen LogP contribution in [0, 0.1) is 0 Å². The number of nitrogens with one attached hydrogen (secondary N) is 1. The smallest absolute Gasteiger partial charge is 0.341 e. The third-order valence-corrected chi connectivity index (χ3v) is 4.06. The molecule has 6 nitrogen and oxygen atoms in total. The van der Waals surface area contributed by atoms with Crippen LogP contribution < -0.4 is 5.32 Å². The molecule has 0 saturated heterocycles. The minimum atomic E-state index is -3.03. The highest BCUT2D eigenvalue weighted by Crippen LogP contribution is 2.12. The average molecular weight is 272 g/mol. The molecule has 1 rings (SSSR count). The zero-order chi connectivity index (χ0) is 13.6. The van der Waals surface area contributed by atoms with Crippen LogP contribution in [0.1, 0.15) is 17.3 Å². The first-order valence-electron chi connectivity index (χ1n) is 5.47. The molecule has 0 saturated carbocycles. The van der Waals surface area contributed by atoms with Crippen molar-refractivity contribution < 1.29 is 17.9 Å². The van der Waals surface area contributed by atoms with Crippen molar-refractivity contribution in [2.24, 2.45) is 0 Å². The normalized spacial score (nSPS) is 11.0. The lowest BCUT2D eigenvalue weighted by Crippen LogP contribution is -2.19. The number of ether oxygens (including phenoxy) is 1. The fourth-order valence-corrected chi connectivity index (χ4v) is 1.99. The van der Waals surface area contributed by atoms with Gasteiger partial charge in [-0.15, -0.1) is 0 Å². The molecule has 0 unspecified atom stereocenters. The molecule has 0 spiro atoms. The van der Waals surface area contributed by atoms with Gasteiger partial charge in [0.15, 0.2) is 9.84 Å². The fourth-order valence-electron chi connectivity index (χ4n) is 1.29. The lowest BCUT2D eigenvalue weighted by Gasteiger charge is -2.09. The number of carbonyl (C=O) groups excluding carboxylic acids is 1. The van der Waals surface area contributed by atoms with Crippen molar-refractivity contribution in [2.75, 3.05) is 30.5 Å². The van der Waals surface area contributed by atoms with Crippen LogP contribution in [-0.4, -0.2) is 44.5 Å². The Balaban J connectivity index is 2.71. The van der Waals surface area contributed by atoms with Gasteiger partial charge < -0.3 is 10.1 Å². The van der Waals surface area contributed by atoms with Crippen LogP contribution in [0.15, 0.2) is 18.3 Å². The predicted molar refractivity (Wildman–Crippen MR) is 68.4 cm³/mol. The topological polar surface area (TPSA) is 85.4 Å². The molecule has 100 valence electrons. The first-order valence-corrected chi connectivity index (χ1v) is 7.30.